The van der Waals surface area contributed by atoms with Crippen LogP contribution >= 0.6 is 23.5 Å². The first-order valence-corrected chi connectivity index (χ1v) is 8.17. The molecular formula is C14H11NO5S2. The van der Waals surface area contributed by atoms with E-state index in [1.54, 1.807) is 6.07 Å². The van der Waals surface area contributed by atoms with E-state index in [0.717, 1.165) is 17.6 Å². The lowest BCUT2D eigenvalue weighted by atomic mass is 10.1. The molecule has 8 heteroatoms. The lowest BCUT2D eigenvalue weighted by Crippen LogP contribution is -2.11. The van der Waals surface area contributed by atoms with Gasteiger partial charge in [-0.1, -0.05) is 12.1 Å². The Morgan fingerprint density at radius 1 is 1.23 bits per heavy atom. The summed E-state index contributed by atoms with van der Waals surface area (Å²) in [4.78, 5) is 33.7. The molecule has 0 unspecified atom stereocenters. The Hall–Kier alpha value is -2.06. The molecule has 1 N–H and O–H groups in total. The molecule has 0 aliphatic carbocycles. The summed E-state index contributed by atoms with van der Waals surface area (Å²) in [7, 11) is 0. The van der Waals surface area contributed by atoms with Gasteiger partial charge in [-0.15, -0.1) is 23.5 Å². The highest BCUT2D eigenvalue weighted by Crippen LogP contribution is 2.39. The molecule has 1 fully saturated rings. The maximum absolute atomic E-state index is 12.1. The zero-order chi connectivity index (χ0) is 16.1. The summed E-state index contributed by atoms with van der Waals surface area (Å²) in [5.41, 5.74) is -0.162. The van der Waals surface area contributed by atoms with Crippen molar-refractivity contribution in [1.82, 2.24) is 0 Å². The summed E-state index contributed by atoms with van der Waals surface area (Å²) in [6.07, 6.45) is 2.34. The highest BCUT2D eigenvalue weighted by molar-refractivity contribution is 8.25. The van der Waals surface area contributed by atoms with Crippen LogP contribution in [0, 0.1) is 10.1 Å². The molecule has 1 aromatic carbocycles. The smallest absolute Gasteiger partial charge is 0.341 e. The normalized spacial score (nSPS) is 14.3. The van der Waals surface area contributed by atoms with Crippen LogP contribution in [0.2, 0.25) is 0 Å². The van der Waals surface area contributed by atoms with E-state index >= 15 is 0 Å². The van der Waals surface area contributed by atoms with E-state index in [1.165, 1.54) is 47.8 Å². The summed E-state index contributed by atoms with van der Waals surface area (Å²) in [6, 6.07) is 5.95. The fraction of sp³-hybridized carbons (Fsp3) is 0.143. The lowest BCUT2D eigenvalue weighted by molar-refractivity contribution is -0.385. The molecule has 1 aliphatic rings. The fourth-order valence-electron chi connectivity index (χ4n) is 1.79. The van der Waals surface area contributed by atoms with E-state index in [9.17, 15) is 24.8 Å². The van der Waals surface area contributed by atoms with Crippen molar-refractivity contribution in [3.05, 3.63) is 55.8 Å². The Morgan fingerprint density at radius 3 is 2.45 bits per heavy atom. The summed E-state index contributed by atoms with van der Waals surface area (Å²) >= 11 is 2.67. The molecule has 0 aromatic heterocycles. The second-order valence-electron chi connectivity index (χ2n) is 4.18. The van der Waals surface area contributed by atoms with Crippen LogP contribution in [0.3, 0.4) is 0 Å². The van der Waals surface area contributed by atoms with E-state index in [0.29, 0.717) is 4.24 Å². The van der Waals surface area contributed by atoms with E-state index in [1.807, 2.05) is 0 Å². The first kappa shape index (κ1) is 16.3. The Labute approximate surface area is 134 Å². The van der Waals surface area contributed by atoms with Gasteiger partial charge in [0.25, 0.3) is 5.69 Å². The number of nitrogens with zero attached hydrogens (tertiary/aromatic N) is 1. The van der Waals surface area contributed by atoms with E-state index in [2.05, 4.69) is 0 Å². The minimum Gasteiger partial charge on any atom is -0.477 e. The predicted molar refractivity (Wildman–Crippen MR) is 86.7 cm³/mol. The summed E-state index contributed by atoms with van der Waals surface area (Å²) in [6.45, 7) is 0. The first-order valence-electron chi connectivity index (χ1n) is 6.19. The van der Waals surface area contributed by atoms with E-state index in [-0.39, 0.29) is 16.8 Å². The number of hydrogen-bond donors (Lipinski definition) is 1. The molecule has 6 nitrogen and oxygen atoms in total. The van der Waals surface area contributed by atoms with Gasteiger partial charge in [0.05, 0.1) is 14.7 Å². The van der Waals surface area contributed by atoms with Gasteiger partial charge in [0.1, 0.15) is 5.57 Å². The number of allylic oxidation sites excluding steroid dienone is 1. The summed E-state index contributed by atoms with van der Waals surface area (Å²) in [5.74, 6) is -0.424. The monoisotopic (exact) mass is 337 g/mol. The van der Waals surface area contributed by atoms with Crippen LogP contribution in [0.4, 0.5) is 5.69 Å². The van der Waals surface area contributed by atoms with Crippen LogP contribution in [0.1, 0.15) is 5.56 Å². The molecule has 2 rings (SSSR count). The number of carboxylic acids is 1. The Bertz CT molecular complexity index is 688. The number of carbonyl (C=O) groups is 2. The van der Waals surface area contributed by atoms with Crippen molar-refractivity contribution in [2.45, 2.75) is 0 Å². The largest absolute Gasteiger partial charge is 0.477 e. The quantitative estimate of drug-likeness (QED) is 0.290. The van der Waals surface area contributed by atoms with Gasteiger partial charge >= 0.3 is 5.97 Å². The number of carboxylic acid groups (broad SMARTS) is 1. The van der Waals surface area contributed by atoms with E-state index in [4.69, 9.17) is 0 Å². The molecule has 0 bridgehead atoms. The molecule has 1 aliphatic heterocycles. The molecule has 22 heavy (non-hydrogen) atoms. The molecular weight excluding hydrogens is 326 g/mol. The summed E-state index contributed by atoms with van der Waals surface area (Å²) < 4.78 is 0.490. The zero-order valence-corrected chi connectivity index (χ0v) is 12.9. The lowest BCUT2D eigenvalue weighted by Gasteiger charge is -2.01. The van der Waals surface area contributed by atoms with Crippen LogP contribution in [-0.2, 0) is 9.59 Å². The van der Waals surface area contributed by atoms with E-state index < -0.39 is 16.7 Å². The highest BCUT2D eigenvalue weighted by Gasteiger charge is 2.24. The minimum atomic E-state index is -1.28. The van der Waals surface area contributed by atoms with Crippen molar-refractivity contribution in [1.29, 1.82) is 0 Å². The minimum absolute atomic E-state index is 0.138. The molecule has 1 saturated heterocycles. The molecule has 0 amide bonds. The molecule has 0 spiro atoms. The van der Waals surface area contributed by atoms with Crippen LogP contribution in [0.25, 0.3) is 6.08 Å². The molecule has 114 valence electrons. The number of carbonyl (C=O) groups excluding carboxylic acids is 1. The highest BCUT2D eigenvalue weighted by atomic mass is 32.2. The van der Waals surface area contributed by atoms with Crippen LogP contribution in [0.15, 0.2) is 40.2 Å². The number of benzene rings is 1. The van der Waals surface area contributed by atoms with Crippen LogP contribution in [0.5, 0.6) is 0 Å². The van der Waals surface area contributed by atoms with Crippen LogP contribution < -0.4 is 0 Å². The Morgan fingerprint density at radius 2 is 1.86 bits per heavy atom. The molecule has 1 aromatic rings. The average molecular weight is 337 g/mol. The Balaban J connectivity index is 2.30. The molecule has 0 saturated carbocycles. The number of thioether (sulfide) groups is 2. The van der Waals surface area contributed by atoms with Gasteiger partial charge in [0.15, 0.2) is 5.78 Å². The second kappa shape index (κ2) is 7.28. The number of hydrogen-bond acceptors (Lipinski definition) is 6. The number of para-hydroxylation sites is 1. The van der Waals surface area contributed by atoms with Crippen molar-refractivity contribution in [3.8, 4) is 0 Å². The van der Waals surface area contributed by atoms with Crippen LogP contribution in [-0.4, -0.2) is 33.3 Å². The molecule has 1 heterocycles. The third-order valence-electron chi connectivity index (χ3n) is 2.76. The van der Waals surface area contributed by atoms with Crippen molar-refractivity contribution in [3.63, 3.8) is 0 Å². The fourth-order valence-corrected chi connectivity index (χ4v) is 4.33. The topological polar surface area (TPSA) is 97.5 Å². The van der Waals surface area contributed by atoms with Crippen molar-refractivity contribution in [2.24, 2.45) is 0 Å². The summed E-state index contributed by atoms with van der Waals surface area (Å²) in [5, 5.41) is 20.1. The van der Waals surface area contributed by atoms with Crippen molar-refractivity contribution >= 4 is 47.0 Å². The Kier molecular flexibility index (Phi) is 5.40. The third kappa shape index (κ3) is 3.77. The first-order chi connectivity index (χ1) is 10.5. The van der Waals surface area contributed by atoms with Gasteiger partial charge in [0.2, 0.25) is 0 Å². The van der Waals surface area contributed by atoms with Gasteiger partial charge in [-0.05, 0) is 18.2 Å². The number of nitro benzene ring substituents is 1. The maximum Gasteiger partial charge on any atom is 0.341 e. The number of rotatable bonds is 5. The number of ketones is 1. The van der Waals surface area contributed by atoms with Gasteiger partial charge in [-0.25, -0.2) is 4.79 Å². The van der Waals surface area contributed by atoms with Crippen molar-refractivity contribution in [2.75, 3.05) is 11.5 Å². The standard InChI is InChI=1S/C14H11NO5S2/c16-11(12(13(17)18)14-21-7-8-22-14)6-5-9-3-1-2-4-10(9)15(19)20/h1-6H,7-8H2,(H,17,18). The zero-order valence-electron chi connectivity index (χ0n) is 11.2. The van der Waals surface area contributed by atoms with Crippen molar-refractivity contribution < 1.29 is 19.6 Å². The third-order valence-corrected chi connectivity index (χ3v) is 5.48. The van der Waals surface area contributed by atoms with Gasteiger partial charge in [-0.3, -0.25) is 14.9 Å². The van der Waals surface area contributed by atoms with Gasteiger partial charge in [-0.2, -0.15) is 0 Å². The molecule has 0 atom stereocenters. The van der Waals surface area contributed by atoms with Gasteiger partial charge < -0.3 is 5.11 Å². The average Bonchev–Trinajstić information content (AvgIpc) is 2.99. The number of nitro groups is 1. The maximum atomic E-state index is 12.1. The number of aliphatic carboxylic acids is 1. The molecule has 0 radical (unpaired) electrons. The SMILES string of the molecule is O=C(O)C(C(=O)C=Cc1ccccc1[N+](=O)[O-])=C1SCCS1. The second-order valence-corrected chi connectivity index (χ2v) is 6.65. The van der Waals surface area contributed by atoms with Gasteiger partial charge in [0, 0.05) is 17.6 Å². The predicted octanol–water partition coefficient (Wildman–Crippen LogP) is 2.95.